The Balaban J connectivity index is 1.59. The quantitative estimate of drug-likeness (QED) is 0.831. The van der Waals surface area contributed by atoms with Crippen molar-refractivity contribution in [3.63, 3.8) is 0 Å². The summed E-state index contributed by atoms with van der Waals surface area (Å²) in [6, 6.07) is 6.95. The minimum absolute atomic E-state index is 0.0455. The summed E-state index contributed by atoms with van der Waals surface area (Å²) in [6.45, 7) is 3.58. The lowest BCUT2D eigenvalue weighted by atomic mass is 10.1. The lowest BCUT2D eigenvalue weighted by molar-refractivity contribution is 0.187. The second kappa shape index (κ2) is 7.85. The van der Waals surface area contributed by atoms with Crippen LogP contribution in [0.15, 0.2) is 34.7 Å². The summed E-state index contributed by atoms with van der Waals surface area (Å²) in [4.78, 5) is 2.14. The number of halogens is 2. The number of sulfonamides is 1. The van der Waals surface area contributed by atoms with Crippen molar-refractivity contribution in [2.75, 3.05) is 18.8 Å². The van der Waals surface area contributed by atoms with E-state index in [1.165, 1.54) is 18.2 Å². The second-order valence-corrected chi connectivity index (χ2v) is 8.48. The number of likely N-dealkylation sites (tertiary alicyclic amines) is 1. The topological polar surface area (TPSA) is 62.6 Å². The number of nitrogens with one attached hydrogen (secondary N) is 1. The molecule has 1 aliphatic rings. The molecule has 1 saturated heterocycles. The summed E-state index contributed by atoms with van der Waals surface area (Å²) in [5.74, 6) is -0.448. The highest BCUT2D eigenvalue weighted by atomic mass is 32.2. The van der Waals surface area contributed by atoms with Crippen molar-refractivity contribution in [1.29, 1.82) is 0 Å². The van der Waals surface area contributed by atoms with Crippen molar-refractivity contribution >= 4 is 10.0 Å². The van der Waals surface area contributed by atoms with Crippen molar-refractivity contribution < 1.29 is 21.6 Å². The Bertz CT molecular complexity index is 839. The normalized spacial score (nSPS) is 16.9. The Morgan fingerprint density at radius 1 is 1.15 bits per heavy atom. The van der Waals surface area contributed by atoms with Gasteiger partial charge in [0.25, 0.3) is 0 Å². The number of rotatable bonds is 6. The van der Waals surface area contributed by atoms with Gasteiger partial charge in [0.2, 0.25) is 10.0 Å². The molecule has 26 heavy (non-hydrogen) atoms. The lowest BCUT2D eigenvalue weighted by Crippen LogP contribution is -2.44. The van der Waals surface area contributed by atoms with Crippen LogP contribution < -0.4 is 4.72 Å². The Morgan fingerprint density at radius 2 is 1.81 bits per heavy atom. The predicted octanol–water partition coefficient (Wildman–Crippen LogP) is 3.13. The van der Waals surface area contributed by atoms with Gasteiger partial charge in [-0.1, -0.05) is 6.07 Å². The standard InChI is InChI=1S/C18H22F2N2O3S/c1-2-26(23,24)21-13-8-10-22(11-9-13)12-14-6-7-17(25-14)18-15(19)4-3-5-16(18)20/h3-7,13,21H,2,8-12H2,1H3. The predicted molar refractivity (Wildman–Crippen MR) is 95.0 cm³/mol. The number of hydrogen-bond acceptors (Lipinski definition) is 4. The van der Waals surface area contributed by atoms with Gasteiger partial charge >= 0.3 is 0 Å². The van der Waals surface area contributed by atoms with Gasteiger partial charge in [0, 0.05) is 19.1 Å². The Hall–Kier alpha value is -1.77. The molecule has 2 heterocycles. The fraction of sp³-hybridized carbons (Fsp3) is 0.444. The molecule has 1 aromatic carbocycles. The SMILES string of the molecule is CCS(=O)(=O)NC1CCN(Cc2ccc(-c3c(F)cccc3F)o2)CC1. The molecule has 0 amide bonds. The first-order chi connectivity index (χ1) is 12.4. The van der Waals surface area contributed by atoms with Crippen LogP contribution >= 0.6 is 0 Å². The van der Waals surface area contributed by atoms with Crippen molar-refractivity contribution in [3.05, 3.63) is 47.7 Å². The third kappa shape index (κ3) is 4.49. The fourth-order valence-corrected chi connectivity index (χ4v) is 4.01. The van der Waals surface area contributed by atoms with E-state index in [0.717, 1.165) is 25.9 Å². The third-order valence-corrected chi connectivity index (χ3v) is 6.02. The summed E-state index contributed by atoms with van der Waals surface area (Å²) < 4.78 is 59.3. The molecule has 1 aliphatic heterocycles. The van der Waals surface area contributed by atoms with E-state index in [4.69, 9.17) is 4.42 Å². The van der Waals surface area contributed by atoms with Gasteiger partial charge in [-0.2, -0.15) is 0 Å². The molecule has 3 rings (SSSR count). The minimum atomic E-state index is -3.19. The van der Waals surface area contributed by atoms with E-state index < -0.39 is 21.7 Å². The van der Waals surface area contributed by atoms with Crippen LogP contribution in [0.4, 0.5) is 8.78 Å². The third-order valence-electron chi connectivity index (χ3n) is 4.56. The largest absolute Gasteiger partial charge is 0.460 e. The molecule has 0 radical (unpaired) electrons. The highest BCUT2D eigenvalue weighted by Gasteiger charge is 2.23. The molecule has 1 N–H and O–H groups in total. The van der Waals surface area contributed by atoms with Crippen LogP contribution in [0.25, 0.3) is 11.3 Å². The van der Waals surface area contributed by atoms with Crippen molar-refractivity contribution in [2.45, 2.75) is 32.4 Å². The van der Waals surface area contributed by atoms with Crippen LogP contribution in [-0.2, 0) is 16.6 Å². The molecule has 0 saturated carbocycles. The maximum Gasteiger partial charge on any atom is 0.211 e. The molecule has 142 valence electrons. The maximum absolute atomic E-state index is 13.8. The van der Waals surface area contributed by atoms with E-state index in [2.05, 4.69) is 9.62 Å². The van der Waals surface area contributed by atoms with Crippen LogP contribution in [0, 0.1) is 11.6 Å². The molecule has 0 atom stereocenters. The number of furan rings is 1. The van der Waals surface area contributed by atoms with Gasteiger partial charge in [0.1, 0.15) is 23.2 Å². The van der Waals surface area contributed by atoms with Gasteiger partial charge in [-0.3, -0.25) is 4.90 Å². The average Bonchev–Trinajstić information content (AvgIpc) is 3.04. The summed E-state index contributed by atoms with van der Waals surface area (Å²) >= 11 is 0. The first kappa shape index (κ1) is 19.0. The van der Waals surface area contributed by atoms with Crippen LogP contribution in [0.1, 0.15) is 25.5 Å². The summed E-state index contributed by atoms with van der Waals surface area (Å²) in [5, 5.41) is 0. The van der Waals surface area contributed by atoms with Crippen LogP contribution in [0.5, 0.6) is 0 Å². The first-order valence-electron chi connectivity index (χ1n) is 8.63. The molecule has 1 fully saturated rings. The maximum atomic E-state index is 13.8. The zero-order chi connectivity index (χ0) is 18.7. The summed E-state index contributed by atoms with van der Waals surface area (Å²) in [6.07, 6.45) is 1.43. The Labute approximate surface area is 152 Å². The first-order valence-corrected chi connectivity index (χ1v) is 10.3. The summed E-state index contributed by atoms with van der Waals surface area (Å²) in [7, 11) is -3.19. The zero-order valence-electron chi connectivity index (χ0n) is 14.5. The molecular weight excluding hydrogens is 362 g/mol. The molecule has 5 nitrogen and oxygen atoms in total. The molecule has 0 bridgehead atoms. The number of benzene rings is 1. The minimum Gasteiger partial charge on any atom is -0.460 e. The smallest absolute Gasteiger partial charge is 0.211 e. The van der Waals surface area contributed by atoms with E-state index in [-0.39, 0.29) is 23.1 Å². The molecule has 8 heteroatoms. The monoisotopic (exact) mass is 384 g/mol. The van der Waals surface area contributed by atoms with E-state index in [0.29, 0.717) is 12.3 Å². The zero-order valence-corrected chi connectivity index (χ0v) is 15.4. The van der Waals surface area contributed by atoms with Gasteiger partial charge < -0.3 is 4.42 Å². The van der Waals surface area contributed by atoms with E-state index in [1.54, 1.807) is 19.1 Å². The van der Waals surface area contributed by atoms with Crippen molar-refractivity contribution in [3.8, 4) is 11.3 Å². The van der Waals surface area contributed by atoms with Gasteiger partial charge in [0.15, 0.2) is 0 Å². The molecule has 0 aliphatic carbocycles. The lowest BCUT2D eigenvalue weighted by Gasteiger charge is -2.31. The van der Waals surface area contributed by atoms with E-state index >= 15 is 0 Å². The van der Waals surface area contributed by atoms with Crippen LogP contribution in [-0.4, -0.2) is 38.2 Å². The fourth-order valence-electron chi connectivity index (χ4n) is 3.10. The molecule has 0 unspecified atom stereocenters. The number of nitrogens with zero attached hydrogens (tertiary/aromatic N) is 1. The second-order valence-electron chi connectivity index (χ2n) is 6.43. The number of hydrogen-bond donors (Lipinski definition) is 1. The average molecular weight is 384 g/mol. The molecular formula is C18H22F2N2O3S. The Kier molecular flexibility index (Phi) is 5.74. The van der Waals surface area contributed by atoms with Gasteiger partial charge in [-0.25, -0.2) is 21.9 Å². The van der Waals surface area contributed by atoms with Gasteiger partial charge in [-0.15, -0.1) is 0 Å². The van der Waals surface area contributed by atoms with Crippen molar-refractivity contribution in [2.24, 2.45) is 0 Å². The van der Waals surface area contributed by atoms with Gasteiger partial charge in [-0.05, 0) is 44.0 Å². The van der Waals surface area contributed by atoms with Crippen molar-refractivity contribution in [1.82, 2.24) is 9.62 Å². The van der Waals surface area contributed by atoms with E-state index in [9.17, 15) is 17.2 Å². The molecule has 1 aromatic heterocycles. The highest BCUT2D eigenvalue weighted by molar-refractivity contribution is 7.89. The Morgan fingerprint density at radius 3 is 2.42 bits per heavy atom. The van der Waals surface area contributed by atoms with Crippen LogP contribution in [0.2, 0.25) is 0 Å². The van der Waals surface area contributed by atoms with Gasteiger partial charge in [0.05, 0.1) is 17.9 Å². The molecule has 2 aromatic rings. The summed E-state index contributed by atoms with van der Waals surface area (Å²) in [5.41, 5.74) is -0.161. The van der Waals surface area contributed by atoms with E-state index in [1.807, 2.05) is 0 Å². The number of piperidine rings is 1. The molecule has 0 spiro atoms. The highest BCUT2D eigenvalue weighted by Crippen LogP contribution is 2.28. The van der Waals surface area contributed by atoms with Crippen LogP contribution in [0.3, 0.4) is 0 Å².